The highest BCUT2D eigenvalue weighted by molar-refractivity contribution is 6.25. The molecule has 2 amide bonds. The van der Waals surface area contributed by atoms with E-state index in [4.69, 9.17) is 4.74 Å². The minimum atomic E-state index is -0.328. The molecule has 0 radical (unpaired) electrons. The normalized spacial score (nSPS) is 16.8. The van der Waals surface area contributed by atoms with Crippen LogP contribution in [0.15, 0.2) is 60.7 Å². The molecular weight excluding hydrogens is 430 g/mol. The molecule has 0 bridgehead atoms. The smallest absolute Gasteiger partial charge is 0.337 e. The highest BCUT2D eigenvalue weighted by Gasteiger charge is 2.32. The third-order valence-corrected chi connectivity index (χ3v) is 6.74. The number of hydrogen-bond donors (Lipinski definition) is 0. The summed E-state index contributed by atoms with van der Waals surface area (Å²) in [6, 6.07) is 18.7. The van der Waals surface area contributed by atoms with Crippen molar-refractivity contribution >= 4 is 28.6 Å². The van der Waals surface area contributed by atoms with E-state index < -0.39 is 0 Å². The number of benzene rings is 3. The van der Waals surface area contributed by atoms with Gasteiger partial charge in [0.2, 0.25) is 0 Å². The Kier molecular flexibility index (Phi) is 6.13. The predicted molar refractivity (Wildman–Crippen MR) is 129 cm³/mol. The molecule has 34 heavy (non-hydrogen) atoms. The lowest BCUT2D eigenvalue weighted by molar-refractivity contribution is 0.0566. The van der Waals surface area contributed by atoms with Gasteiger partial charge in [-0.25, -0.2) is 4.79 Å². The molecule has 0 spiro atoms. The number of methoxy groups -OCH3 is 1. The standard InChI is InChI=1S/C27H27N3O4/c1-34-27(33)21-10-8-19(9-11-21)18-29-14-12-28(13-15-29)16-17-30-25(31)22-6-2-4-20-5-3-7-23(24(20)22)26(30)32/h2-11H,12-18H2,1H3. The molecule has 0 saturated carbocycles. The molecule has 2 aliphatic heterocycles. The zero-order valence-electron chi connectivity index (χ0n) is 19.2. The predicted octanol–water partition coefficient (Wildman–Crippen LogP) is 3.04. The number of piperazine rings is 1. The van der Waals surface area contributed by atoms with Crippen molar-refractivity contribution < 1.29 is 19.1 Å². The van der Waals surface area contributed by atoms with Crippen molar-refractivity contribution in [3.63, 3.8) is 0 Å². The molecule has 1 saturated heterocycles. The molecule has 0 N–H and O–H groups in total. The molecule has 174 valence electrons. The fourth-order valence-electron chi connectivity index (χ4n) is 4.82. The van der Waals surface area contributed by atoms with Gasteiger partial charge >= 0.3 is 5.97 Å². The van der Waals surface area contributed by atoms with Gasteiger partial charge in [0.15, 0.2) is 0 Å². The minimum absolute atomic E-state index is 0.205. The summed E-state index contributed by atoms with van der Waals surface area (Å²) in [6.07, 6.45) is 0. The van der Waals surface area contributed by atoms with Crippen LogP contribution in [0, 0.1) is 0 Å². The van der Waals surface area contributed by atoms with Gasteiger partial charge in [-0.3, -0.25) is 24.3 Å². The number of esters is 1. The van der Waals surface area contributed by atoms with E-state index in [9.17, 15) is 14.4 Å². The van der Waals surface area contributed by atoms with Crippen molar-refractivity contribution in [2.75, 3.05) is 46.4 Å². The largest absolute Gasteiger partial charge is 0.465 e. The molecule has 1 fully saturated rings. The van der Waals surface area contributed by atoms with Crippen LogP contribution < -0.4 is 0 Å². The van der Waals surface area contributed by atoms with Crippen molar-refractivity contribution in [2.45, 2.75) is 6.54 Å². The van der Waals surface area contributed by atoms with Crippen LogP contribution in [0.2, 0.25) is 0 Å². The Bertz CT molecular complexity index is 1200. The van der Waals surface area contributed by atoms with Crippen LogP contribution >= 0.6 is 0 Å². The number of amides is 2. The van der Waals surface area contributed by atoms with Crippen LogP contribution in [0.25, 0.3) is 10.8 Å². The highest BCUT2D eigenvalue weighted by Crippen LogP contribution is 2.29. The second-order valence-electron chi connectivity index (χ2n) is 8.78. The van der Waals surface area contributed by atoms with Crippen LogP contribution in [0.5, 0.6) is 0 Å². The van der Waals surface area contributed by atoms with Gasteiger partial charge in [-0.05, 0) is 35.2 Å². The summed E-state index contributed by atoms with van der Waals surface area (Å²) in [5, 5.41) is 1.69. The summed E-state index contributed by atoms with van der Waals surface area (Å²) in [7, 11) is 1.38. The van der Waals surface area contributed by atoms with Crippen LogP contribution in [-0.2, 0) is 11.3 Å². The molecule has 2 heterocycles. The lowest BCUT2D eigenvalue weighted by Gasteiger charge is -2.36. The Morgan fingerprint density at radius 1 is 0.794 bits per heavy atom. The van der Waals surface area contributed by atoms with Crippen molar-refractivity contribution in [3.8, 4) is 0 Å². The Labute approximate surface area is 198 Å². The number of imide groups is 1. The van der Waals surface area contributed by atoms with Gasteiger partial charge in [-0.1, -0.05) is 36.4 Å². The summed E-state index contributed by atoms with van der Waals surface area (Å²) in [4.78, 5) is 43.8. The summed E-state index contributed by atoms with van der Waals surface area (Å²) in [6.45, 7) is 5.44. The van der Waals surface area contributed by atoms with E-state index in [-0.39, 0.29) is 17.8 Å². The lowest BCUT2D eigenvalue weighted by atomic mass is 9.94. The number of rotatable bonds is 6. The van der Waals surface area contributed by atoms with Crippen LogP contribution in [0.1, 0.15) is 36.6 Å². The van der Waals surface area contributed by atoms with E-state index in [1.807, 2.05) is 48.5 Å². The van der Waals surface area contributed by atoms with E-state index in [1.54, 1.807) is 12.1 Å². The molecule has 2 aliphatic rings. The second-order valence-corrected chi connectivity index (χ2v) is 8.78. The quantitative estimate of drug-likeness (QED) is 0.419. The number of carbonyl (C=O) groups is 3. The zero-order valence-corrected chi connectivity index (χ0v) is 19.2. The molecule has 0 atom stereocenters. The maximum Gasteiger partial charge on any atom is 0.337 e. The molecule has 3 aromatic carbocycles. The summed E-state index contributed by atoms with van der Waals surface area (Å²) < 4.78 is 4.75. The molecule has 7 heteroatoms. The van der Waals surface area contributed by atoms with Crippen LogP contribution in [0.4, 0.5) is 0 Å². The first kappa shape index (κ1) is 22.3. The van der Waals surface area contributed by atoms with E-state index in [0.29, 0.717) is 29.8 Å². The number of nitrogens with zero attached hydrogens (tertiary/aromatic N) is 3. The monoisotopic (exact) mass is 457 g/mol. The fourth-order valence-corrected chi connectivity index (χ4v) is 4.82. The Morgan fingerprint density at radius 3 is 1.97 bits per heavy atom. The maximum atomic E-state index is 13.1. The molecule has 5 rings (SSSR count). The first-order valence-electron chi connectivity index (χ1n) is 11.5. The van der Waals surface area contributed by atoms with Gasteiger partial charge in [-0.2, -0.15) is 0 Å². The van der Waals surface area contributed by atoms with E-state index in [2.05, 4.69) is 9.80 Å². The molecule has 3 aromatic rings. The molecule has 0 aliphatic carbocycles. The average molecular weight is 458 g/mol. The van der Waals surface area contributed by atoms with Gasteiger partial charge < -0.3 is 4.74 Å². The average Bonchev–Trinajstić information content (AvgIpc) is 2.88. The van der Waals surface area contributed by atoms with Gasteiger partial charge in [-0.15, -0.1) is 0 Å². The minimum Gasteiger partial charge on any atom is -0.465 e. The SMILES string of the molecule is COC(=O)c1ccc(CN2CCN(CCN3C(=O)c4cccc5cccc(c45)C3=O)CC2)cc1. The van der Waals surface area contributed by atoms with Crippen molar-refractivity contribution in [2.24, 2.45) is 0 Å². The zero-order chi connectivity index (χ0) is 23.7. The van der Waals surface area contributed by atoms with Crippen molar-refractivity contribution in [1.29, 1.82) is 0 Å². The molecule has 7 nitrogen and oxygen atoms in total. The Balaban J connectivity index is 1.16. The molecule has 0 unspecified atom stereocenters. The van der Waals surface area contributed by atoms with Gasteiger partial charge in [0, 0.05) is 62.3 Å². The summed E-state index contributed by atoms with van der Waals surface area (Å²) in [5.41, 5.74) is 2.92. The maximum absolute atomic E-state index is 13.1. The summed E-state index contributed by atoms with van der Waals surface area (Å²) in [5.74, 6) is -0.738. The number of ether oxygens (including phenoxy) is 1. The summed E-state index contributed by atoms with van der Waals surface area (Å²) >= 11 is 0. The van der Waals surface area contributed by atoms with Gasteiger partial charge in [0.25, 0.3) is 11.8 Å². The molecular formula is C27H27N3O4. The van der Waals surface area contributed by atoms with Gasteiger partial charge in [0.05, 0.1) is 12.7 Å². The third-order valence-electron chi connectivity index (χ3n) is 6.74. The van der Waals surface area contributed by atoms with Crippen molar-refractivity contribution in [3.05, 3.63) is 82.9 Å². The first-order valence-corrected chi connectivity index (χ1v) is 11.5. The van der Waals surface area contributed by atoms with Crippen LogP contribution in [0.3, 0.4) is 0 Å². The van der Waals surface area contributed by atoms with E-state index in [0.717, 1.165) is 49.1 Å². The lowest BCUT2D eigenvalue weighted by Crippen LogP contribution is -2.50. The Morgan fingerprint density at radius 2 is 1.38 bits per heavy atom. The second kappa shape index (κ2) is 9.37. The highest BCUT2D eigenvalue weighted by atomic mass is 16.5. The van der Waals surface area contributed by atoms with Crippen molar-refractivity contribution in [1.82, 2.24) is 14.7 Å². The topological polar surface area (TPSA) is 70.2 Å². The fraction of sp³-hybridized carbons (Fsp3) is 0.296. The Hall–Kier alpha value is -3.55. The first-order chi connectivity index (χ1) is 16.5. The van der Waals surface area contributed by atoms with Gasteiger partial charge in [0.1, 0.15) is 0 Å². The number of hydrogen-bond acceptors (Lipinski definition) is 6. The van der Waals surface area contributed by atoms with E-state index >= 15 is 0 Å². The third kappa shape index (κ3) is 4.20. The van der Waals surface area contributed by atoms with E-state index in [1.165, 1.54) is 12.0 Å². The molecule has 0 aromatic heterocycles. The number of carbonyl (C=O) groups excluding carboxylic acids is 3. The van der Waals surface area contributed by atoms with Crippen LogP contribution in [-0.4, -0.2) is 78.9 Å².